The van der Waals surface area contributed by atoms with Gasteiger partial charge in [-0.3, -0.25) is 4.90 Å². The van der Waals surface area contributed by atoms with Crippen LogP contribution in [0.3, 0.4) is 0 Å². The highest BCUT2D eigenvalue weighted by Gasteiger charge is 2.17. The standard InChI is InChI=1S/C16H25N3O2/c1-13(19-10-6-3-7-11-19)12-17-16(20)18-14-8-4-5-9-15(14)21-2/h4-5,8-9,13H,3,6-7,10-12H2,1-2H3,(H2,17,18,20). The van der Waals surface area contributed by atoms with Crippen molar-refractivity contribution in [2.24, 2.45) is 0 Å². The Balaban J connectivity index is 1.79. The maximum Gasteiger partial charge on any atom is 0.319 e. The Kier molecular flexibility index (Phi) is 5.87. The molecule has 2 N–H and O–H groups in total. The molecule has 0 aliphatic carbocycles. The van der Waals surface area contributed by atoms with E-state index in [1.807, 2.05) is 24.3 Å². The van der Waals surface area contributed by atoms with Gasteiger partial charge in [0.1, 0.15) is 5.75 Å². The lowest BCUT2D eigenvalue weighted by molar-refractivity contribution is 0.171. The fraction of sp³-hybridized carbons (Fsp3) is 0.562. The first-order valence-corrected chi connectivity index (χ1v) is 7.62. The molecule has 0 spiro atoms. The molecule has 1 aromatic carbocycles. The van der Waals surface area contributed by atoms with Gasteiger partial charge in [0.05, 0.1) is 12.8 Å². The molecule has 2 amide bonds. The lowest BCUT2D eigenvalue weighted by Gasteiger charge is -2.32. The van der Waals surface area contributed by atoms with Crippen molar-refractivity contribution in [3.8, 4) is 5.75 Å². The number of para-hydroxylation sites is 2. The van der Waals surface area contributed by atoms with Gasteiger partial charge < -0.3 is 15.4 Å². The minimum absolute atomic E-state index is 0.191. The van der Waals surface area contributed by atoms with E-state index in [0.29, 0.717) is 24.0 Å². The van der Waals surface area contributed by atoms with Crippen molar-refractivity contribution in [3.63, 3.8) is 0 Å². The number of nitrogens with one attached hydrogen (secondary N) is 2. The number of benzene rings is 1. The van der Waals surface area contributed by atoms with Crippen LogP contribution in [0.25, 0.3) is 0 Å². The van der Waals surface area contributed by atoms with E-state index in [1.165, 1.54) is 19.3 Å². The average molecular weight is 291 g/mol. The third-order valence-electron chi connectivity index (χ3n) is 3.93. The molecule has 1 aromatic rings. The van der Waals surface area contributed by atoms with E-state index in [4.69, 9.17) is 4.74 Å². The molecule has 0 bridgehead atoms. The van der Waals surface area contributed by atoms with Gasteiger partial charge in [-0.05, 0) is 45.0 Å². The molecule has 5 heteroatoms. The van der Waals surface area contributed by atoms with E-state index in [9.17, 15) is 4.79 Å². The number of carbonyl (C=O) groups excluding carboxylic acids is 1. The Morgan fingerprint density at radius 3 is 2.71 bits per heavy atom. The number of nitrogens with zero attached hydrogens (tertiary/aromatic N) is 1. The number of ether oxygens (including phenoxy) is 1. The molecule has 21 heavy (non-hydrogen) atoms. The summed E-state index contributed by atoms with van der Waals surface area (Å²) in [4.78, 5) is 14.4. The number of likely N-dealkylation sites (tertiary alicyclic amines) is 1. The smallest absolute Gasteiger partial charge is 0.319 e. The van der Waals surface area contributed by atoms with Crippen molar-refractivity contribution in [1.82, 2.24) is 10.2 Å². The normalized spacial score (nSPS) is 17.0. The molecule has 1 unspecified atom stereocenters. The zero-order chi connectivity index (χ0) is 15.1. The van der Waals surface area contributed by atoms with Crippen LogP contribution in [0.4, 0.5) is 10.5 Å². The molecular weight excluding hydrogens is 266 g/mol. The van der Waals surface area contributed by atoms with E-state index >= 15 is 0 Å². The molecule has 1 aliphatic rings. The average Bonchev–Trinajstić information content (AvgIpc) is 2.54. The number of urea groups is 1. The van der Waals surface area contributed by atoms with Crippen LogP contribution in [-0.2, 0) is 0 Å². The first kappa shape index (κ1) is 15.6. The van der Waals surface area contributed by atoms with Crippen molar-refractivity contribution in [2.45, 2.75) is 32.2 Å². The van der Waals surface area contributed by atoms with Gasteiger partial charge in [-0.1, -0.05) is 18.6 Å². The summed E-state index contributed by atoms with van der Waals surface area (Å²) in [5, 5.41) is 5.76. The van der Waals surface area contributed by atoms with Gasteiger partial charge in [-0.25, -0.2) is 4.79 Å². The maximum atomic E-state index is 12.0. The molecule has 0 saturated carbocycles. The predicted molar refractivity (Wildman–Crippen MR) is 84.9 cm³/mol. The summed E-state index contributed by atoms with van der Waals surface area (Å²) in [5.74, 6) is 0.664. The van der Waals surface area contributed by atoms with Crippen molar-refractivity contribution in [1.29, 1.82) is 0 Å². The van der Waals surface area contributed by atoms with Gasteiger partial charge in [0.15, 0.2) is 0 Å². The second-order valence-corrected chi connectivity index (χ2v) is 5.48. The maximum absolute atomic E-state index is 12.0. The van der Waals surface area contributed by atoms with Crippen LogP contribution in [0, 0.1) is 0 Å². The monoisotopic (exact) mass is 291 g/mol. The summed E-state index contributed by atoms with van der Waals surface area (Å²) < 4.78 is 5.22. The van der Waals surface area contributed by atoms with Gasteiger partial charge in [-0.15, -0.1) is 0 Å². The van der Waals surface area contributed by atoms with E-state index in [-0.39, 0.29) is 6.03 Å². The highest BCUT2D eigenvalue weighted by molar-refractivity contribution is 5.90. The summed E-state index contributed by atoms with van der Waals surface area (Å²) in [7, 11) is 1.59. The largest absolute Gasteiger partial charge is 0.495 e. The van der Waals surface area contributed by atoms with Crippen LogP contribution in [0.5, 0.6) is 5.75 Å². The minimum Gasteiger partial charge on any atom is -0.495 e. The Labute approximate surface area is 126 Å². The molecule has 1 fully saturated rings. The zero-order valence-corrected chi connectivity index (χ0v) is 12.9. The second-order valence-electron chi connectivity index (χ2n) is 5.48. The molecule has 1 heterocycles. The highest BCUT2D eigenvalue weighted by Crippen LogP contribution is 2.22. The lowest BCUT2D eigenvalue weighted by Crippen LogP contribution is -2.45. The second kappa shape index (κ2) is 7.88. The molecule has 1 aliphatic heterocycles. The number of hydrogen-bond donors (Lipinski definition) is 2. The van der Waals surface area contributed by atoms with Gasteiger partial charge in [0.2, 0.25) is 0 Å². The lowest BCUT2D eigenvalue weighted by atomic mass is 10.1. The number of amides is 2. The number of hydrogen-bond acceptors (Lipinski definition) is 3. The first-order chi connectivity index (χ1) is 10.2. The number of methoxy groups -OCH3 is 1. The molecular formula is C16H25N3O2. The summed E-state index contributed by atoms with van der Waals surface area (Å²) in [6, 6.07) is 7.57. The molecule has 5 nitrogen and oxygen atoms in total. The minimum atomic E-state index is -0.191. The van der Waals surface area contributed by atoms with Crippen LogP contribution >= 0.6 is 0 Å². The molecule has 0 radical (unpaired) electrons. The van der Waals surface area contributed by atoms with E-state index in [1.54, 1.807) is 7.11 Å². The fourth-order valence-electron chi connectivity index (χ4n) is 2.64. The van der Waals surface area contributed by atoms with Crippen LogP contribution in [0.1, 0.15) is 26.2 Å². The third kappa shape index (κ3) is 4.63. The molecule has 0 aromatic heterocycles. The molecule has 1 saturated heterocycles. The number of rotatable bonds is 5. The van der Waals surface area contributed by atoms with Crippen molar-refractivity contribution in [3.05, 3.63) is 24.3 Å². The summed E-state index contributed by atoms with van der Waals surface area (Å²) in [6.07, 6.45) is 3.85. The van der Waals surface area contributed by atoms with Crippen LogP contribution < -0.4 is 15.4 Å². The summed E-state index contributed by atoms with van der Waals surface area (Å²) in [6.45, 7) is 5.09. The Hall–Kier alpha value is -1.75. The third-order valence-corrected chi connectivity index (χ3v) is 3.93. The topological polar surface area (TPSA) is 53.6 Å². The van der Waals surface area contributed by atoms with Crippen LogP contribution in [0.15, 0.2) is 24.3 Å². The quantitative estimate of drug-likeness (QED) is 0.877. The van der Waals surface area contributed by atoms with Crippen molar-refractivity contribution >= 4 is 11.7 Å². The van der Waals surface area contributed by atoms with E-state index < -0.39 is 0 Å². The van der Waals surface area contributed by atoms with E-state index in [0.717, 1.165) is 13.1 Å². The van der Waals surface area contributed by atoms with Crippen molar-refractivity contribution < 1.29 is 9.53 Å². The Morgan fingerprint density at radius 2 is 2.00 bits per heavy atom. The molecule has 1 atom stereocenters. The van der Waals surface area contributed by atoms with Crippen molar-refractivity contribution in [2.75, 3.05) is 32.1 Å². The number of carbonyl (C=O) groups is 1. The van der Waals surface area contributed by atoms with Crippen LogP contribution in [0.2, 0.25) is 0 Å². The predicted octanol–water partition coefficient (Wildman–Crippen LogP) is 2.69. The number of piperidine rings is 1. The van der Waals surface area contributed by atoms with Gasteiger partial charge in [0.25, 0.3) is 0 Å². The first-order valence-electron chi connectivity index (χ1n) is 7.62. The zero-order valence-electron chi connectivity index (χ0n) is 12.9. The van der Waals surface area contributed by atoms with Gasteiger partial charge >= 0.3 is 6.03 Å². The Bertz CT molecular complexity index is 459. The molecule has 116 valence electrons. The Morgan fingerprint density at radius 1 is 1.29 bits per heavy atom. The summed E-state index contributed by atoms with van der Waals surface area (Å²) in [5.41, 5.74) is 0.683. The number of anilines is 1. The van der Waals surface area contributed by atoms with Crippen LogP contribution in [-0.4, -0.2) is 43.7 Å². The van der Waals surface area contributed by atoms with E-state index in [2.05, 4.69) is 22.5 Å². The van der Waals surface area contributed by atoms with Gasteiger partial charge in [0, 0.05) is 12.6 Å². The highest BCUT2D eigenvalue weighted by atomic mass is 16.5. The van der Waals surface area contributed by atoms with Gasteiger partial charge in [-0.2, -0.15) is 0 Å². The SMILES string of the molecule is COc1ccccc1NC(=O)NCC(C)N1CCCCC1. The fourth-order valence-corrected chi connectivity index (χ4v) is 2.64. The molecule has 2 rings (SSSR count). The summed E-state index contributed by atoms with van der Waals surface area (Å²) >= 11 is 0.